The second-order valence-electron chi connectivity index (χ2n) is 5.25. The number of fused-ring (bicyclic) bond motifs is 1. The SMILES string of the molecule is c1cc(-c2noc(CSc3nnc(-c4ccc5c(c4)OCO5)o3)n2)cs1. The molecule has 0 amide bonds. The van der Waals surface area contributed by atoms with Crippen LogP contribution in [0.25, 0.3) is 22.8 Å². The largest absolute Gasteiger partial charge is 0.454 e. The lowest BCUT2D eigenvalue weighted by molar-refractivity contribution is 0.174. The molecule has 0 bridgehead atoms. The fraction of sp³-hybridized carbons (Fsp3) is 0.125. The standard InChI is InChI=1S/C16H10N4O4S2/c1-2-11-12(22-8-21-11)5-9(1)15-18-19-16(23-15)26-7-13-17-14(20-24-13)10-3-4-25-6-10/h1-6H,7-8H2. The summed E-state index contributed by atoms with van der Waals surface area (Å²) >= 11 is 2.92. The molecular formula is C16H10N4O4S2. The van der Waals surface area contributed by atoms with Crippen LogP contribution in [-0.2, 0) is 5.75 Å². The topological polar surface area (TPSA) is 96.3 Å². The van der Waals surface area contributed by atoms with E-state index in [1.54, 1.807) is 11.3 Å². The van der Waals surface area contributed by atoms with Gasteiger partial charge in [0.1, 0.15) is 0 Å². The average molecular weight is 386 g/mol. The van der Waals surface area contributed by atoms with E-state index < -0.39 is 0 Å². The Bertz CT molecular complexity index is 1040. The molecule has 0 saturated carbocycles. The van der Waals surface area contributed by atoms with E-state index in [2.05, 4.69) is 20.3 Å². The Morgan fingerprint density at radius 1 is 1.08 bits per heavy atom. The van der Waals surface area contributed by atoms with Gasteiger partial charge >= 0.3 is 0 Å². The number of nitrogens with zero attached hydrogens (tertiary/aromatic N) is 4. The molecular weight excluding hydrogens is 376 g/mol. The molecule has 1 aliphatic heterocycles. The van der Waals surface area contributed by atoms with Gasteiger partial charge in [0.2, 0.25) is 24.4 Å². The second kappa shape index (κ2) is 6.46. The highest BCUT2D eigenvalue weighted by atomic mass is 32.2. The van der Waals surface area contributed by atoms with Crippen molar-refractivity contribution in [3.8, 4) is 34.3 Å². The molecule has 1 aromatic carbocycles. The Labute approximate surface area is 155 Å². The molecule has 3 aromatic heterocycles. The number of thioether (sulfide) groups is 1. The summed E-state index contributed by atoms with van der Waals surface area (Å²) in [5, 5.41) is 16.4. The minimum Gasteiger partial charge on any atom is -0.454 e. The van der Waals surface area contributed by atoms with E-state index in [1.807, 2.05) is 35.0 Å². The van der Waals surface area contributed by atoms with Crippen LogP contribution in [-0.4, -0.2) is 27.1 Å². The number of aromatic nitrogens is 4. The lowest BCUT2D eigenvalue weighted by atomic mass is 10.2. The first-order valence-electron chi connectivity index (χ1n) is 7.57. The van der Waals surface area contributed by atoms with Crippen LogP contribution < -0.4 is 9.47 Å². The second-order valence-corrected chi connectivity index (χ2v) is 6.96. The third-order valence-corrected chi connectivity index (χ3v) is 5.08. The van der Waals surface area contributed by atoms with Crippen molar-refractivity contribution in [2.24, 2.45) is 0 Å². The Kier molecular flexibility index (Phi) is 3.83. The fourth-order valence-corrected chi connectivity index (χ4v) is 3.60. The average Bonchev–Trinajstić information content (AvgIpc) is 3.47. The summed E-state index contributed by atoms with van der Waals surface area (Å²) in [7, 11) is 0. The zero-order valence-electron chi connectivity index (χ0n) is 13.1. The van der Waals surface area contributed by atoms with E-state index in [0.717, 1.165) is 11.1 Å². The van der Waals surface area contributed by atoms with Gasteiger partial charge in [-0.25, -0.2) is 0 Å². The number of benzene rings is 1. The molecule has 26 heavy (non-hydrogen) atoms. The highest BCUT2D eigenvalue weighted by Gasteiger charge is 2.17. The van der Waals surface area contributed by atoms with Crippen LogP contribution in [0.5, 0.6) is 11.5 Å². The zero-order chi connectivity index (χ0) is 17.3. The minimum absolute atomic E-state index is 0.223. The molecule has 0 radical (unpaired) electrons. The lowest BCUT2D eigenvalue weighted by Crippen LogP contribution is -1.92. The van der Waals surface area contributed by atoms with E-state index >= 15 is 0 Å². The van der Waals surface area contributed by atoms with Crippen molar-refractivity contribution in [1.82, 2.24) is 20.3 Å². The monoisotopic (exact) mass is 386 g/mol. The smallest absolute Gasteiger partial charge is 0.277 e. The molecule has 130 valence electrons. The molecule has 0 spiro atoms. The maximum absolute atomic E-state index is 5.69. The van der Waals surface area contributed by atoms with Gasteiger partial charge in [-0.05, 0) is 29.6 Å². The molecule has 0 saturated heterocycles. The van der Waals surface area contributed by atoms with Crippen molar-refractivity contribution < 1.29 is 18.4 Å². The summed E-state index contributed by atoms with van der Waals surface area (Å²) in [4.78, 5) is 4.36. The summed E-state index contributed by atoms with van der Waals surface area (Å²) in [5.41, 5.74) is 1.71. The van der Waals surface area contributed by atoms with Crippen molar-refractivity contribution in [2.45, 2.75) is 11.0 Å². The van der Waals surface area contributed by atoms with E-state index in [1.165, 1.54) is 11.8 Å². The number of hydrogen-bond donors (Lipinski definition) is 0. The van der Waals surface area contributed by atoms with Crippen LogP contribution in [0.3, 0.4) is 0 Å². The molecule has 10 heteroatoms. The van der Waals surface area contributed by atoms with Crippen molar-refractivity contribution in [1.29, 1.82) is 0 Å². The third kappa shape index (κ3) is 2.93. The van der Waals surface area contributed by atoms with Crippen LogP contribution in [0.15, 0.2) is 49.2 Å². The van der Waals surface area contributed by atoms with Crippen LogP contribution >= 0.6 is 23.1 Å². The third-order valence-electron chi connectivity index (χ3n) is 3.59. The van der Waals surface area contributed by atoms with Crippen LogP contribution in [0.2, 0.25) is 0 Å². The summed E-state index contributed by atoms with van der Waals surface area (Å²) < 4.78 is 21.6. The van der Waals surface area contributed by atoms with E-state index in [4.69, 9.17) is 18.4 Å². The first-order chi connectivity index (χ1) is 12.8. The maximum Gasteiger partial charge on any atom is 0.277 e. The van der Waals surface area contributed by atoms with Crippen molar-refractivity contribution in [3.05, 3.63) is 40.9 Å². The van der Waals surface area contributed by atoms with Crippen molar-refractivity contribution in [2.75, 3.05) is 6.79 Å². The maximum atomic E-state index is 5.69. The first kappa shape index (κ1) is 15.4. The van der Waals surface area contributed by atoms with E-state index in [0.29, 0.717) is 40.1 Å². The Morgan fingerprint density at radius 2 is 2.04 bits per heavy atom. The number of thiophene rings is 1. The highest BCUT2D eigenvalue weighted by molar-refractivity contribution is 7.98. The predicted molar refractivity (Wildman–Crippen MR) is 93.0 cm³/mol. The molecule has 1 aliphatic rings. The van der Waals surface area contributed by atoms with Crippen LogP contribution in [0.4, 0.5) is 0 Å². The van der Waals surface area contributed by atoms with Gasteiger partial charge < -0.3 is 18.4 Å². The normalized spacial score (nSPS) is 12.6. The van der Waals surface area contributed by atoms with Crippen molar-refractivity contribution >= 4 is 23.1 Å². The molecule has 0 fully saturated rings. The zero-order valence-corrected chi connectivity index (χ0v) is 14.7. The van der Waals surface area contributed by atoms with Crippen LogP contribution in [0, 0.1) is 0 Å². The molecule has 5 rings (SSSR count). The molecule has 0 N–H and O–H groups in total. The summed E-state index contributed by atoms with van der Waals surface area (Å²) in [6.45, 7) is 0.223. The molecule has 0 unspecified atom stereocenters. The van der Waals surface area contributed by atoms with Gasteiger partial charge in [0.05, 0.1) is 5.75 Å². The highest BCUT2D eigenvalue weighted by Crippen LogP contribution is 2.36. The molecule has 0 atom stereocenters. The van der Waals surface area contributed by atoms with Crippen molar-refractivity contribution in [3.63, 3.8) is 0 Å². The lowest BCUT2D eigenvalue weighted by Gasteiger charge is -1.97. The number of ether oxygens (including phenoxy) is 2. The van der Waals surface area contributed by atoms with Gasteiger partial charge in [-0.1, -0.05) is 16.9 Å². The summed E-state index contributed by atoms with van der Waals surface area (Å²) in [6, 6.07) is 7.43. The molecule has 0 aliphatic carbocycles. The number of rotatable bonds is 5. The fourth-order valence-electron chi connectivity index (χ4n) is 2.36. The molecule has 8 nitrogen and oxygen atoms in total. The summed E-state index contributed by atoms with van der Waals surface area (Å²) in [6.07, 6.45) is 0. The molecule has 4 aromatic rings. The van der Waals surface area contributed by atoms with E-state index in [9.17, 15) is 0 Å². The first-order valence-corrected chi connectivity index (χ1v) is 9.49. The van der Waals surface area contributed by atoms with Gasteiger partial charge in [0.15, 0.2) is 11.5 Å². The Balaban J connectivity index is 1.27. The Morgan fingerprint density at radius 3 is 2.96 bits per heavy atom. The van der Waals surface area contributed by atoms with Crippen LogP contribution in [0.1, 0.15) is 5.89 Å². The molecule has 4 heterocycles. The Hall–Kier alpha value is -2.85. The van der Waals surface area contributed by atoms with Gasteiger partial charge in [0, 0.05) is 16.5 Å². The van der Waals surface area contributed by atoms with E-state index in [-0.39, 0.29) is 6.79 Å². The van der Waals surface area contributed by atoms with Gasteiger partial charge in [-0.2, -0.15) is 16.3 Å². The summed E-state index contributed by atoms with van der Waals surface area (Å²) in [5.74, 6) is 3.31. The quantitative estimate of drug-likeness (QED) is 0.473. The minimum atomic E-state index is 0.223. The van der Waals surface area contributed by atoms with Gasteiger partial charge in [-0.3, -0.25) is 0 Å². The number of hydrogen-bond acceptors (Lipinski definition) is 10. The predicted octanol–water partition coefficient (Wildman–Crippen LogP) is 3.87. The van der Waals surface area contributed by atoms with Gasteiger partial charge in [0.25, 0.3) is 5.22 Å². The van der Waals surface area contributed by atoms with Gasteiger partial charge in [-0.15, -0.1) is 10.2 Å².